The van der Waals surface area contributed by atoms with Crippen molar-refractivity contribution in [3.8, 4) is 0 Å². The van der Waals surface area contributed by atoms with Crippen molar-refractivity contribution in [2.75, 3.05) is 0 Å². The zero-order valence-electron chi connectivity index (χ0n) is 27.7. The molecule has 39 heavy (non-hydrogen) atoms. The average molecular weight is 563 g/mol. The lowest BCUT2D eigenvalue weighted by Crippen LogP contribution is -2.64. The van der Waals surface area contributed by atoms with Gasteiger partial charge in [-0.1, -0.05) is 75.2 Å². The van der Waals surface area contributed by atoms with Crippen molar-refractivity contribution >= 4 is 8.32 Å². The molecule has 0 aromatic rings. The Morgan fingerprint density at radius 1 is 0.846 bits per heavy atom. The van der Waals surface area contributed by atoms with Crippen LogP contribution in [0.3, 0.4) is 0 Å². The fraction of sp³-hybridized carbons (Fsp3) is 1.00. The Morgan fingerprint density at radius 2 is 1.46 bits per heavy atom. The first-order valence-electron chi connectivity index (χ1n) is 17.0. The highest BCUT2D eigenvalue weighted by Crippen LogP contribution is 2.68. The van der Waals surface area contributed by atoms with Crippen molar-refractivity contribution in [3.05, 3.63) is 0 Å². The molecule has 4 saturated carbocycles. The van der Waals surface area contributed by atoms with Crippen LogP contribution < -0.4 is 0 Å². The Kier molecular flexibility index (Phi) is 9.28. The van der Waals surface area contributed by atoms with E-state index < -0.39 is 20.5 Å². The quantitative estimate of drug-likeness (QED) is 0.290. The zero-order chi connectivity index (χ0) is 29.1. The van der Waals surface area contributed by atoms with E-state index in [1.165, 1.54) is 44.9 Å². The van der Waals surface area contributed by atoms with Crippen LogP contribution in [-0.4, -0.2) is 36.8 Å². The number of aliphatic hydroxyl groups is 2. The monoisotopic (exact) mass is 562 g/mol. The Balaban J connectivity index is 1.49. The second kappa shape index (κ2) is 11.3. The Labute approximate surface area is 243 Å². The topological polar surface area (TPSA) is 49.7 Å². The minimum Gasteiger partial charge on any atom is -0.414 e. The molecule has 2 N–H and O–H groups in total. The van der Waals surface area contributed by atoms with Crippen LogP contribution in [0, 0.1) is 58.2 Å². The third-order valence-corrected chi connectivity index (χ3v) is 18.7. The first-order chi connectivity index (χ1) is 18.0. The van der Waals surface area contributed by atoms with E-state index in [-0.39, 0.29) is 28.4 Å². The Hall–Kier alpha value is 0.0969. The van der Waals surface area contributed by atoms with Gasteiger partial charge in [0.1, 0.15) is 0 Å². The SMILES string of the molecule is CC[C@H](CC[C@@H](C)[C@H]1CC[C@H]2[C@@H]3[C@@H](O)[C@H](O)[C@H]4CC(O[Si](C)(C)C(C)(C)C)CC[C@]4(C)[C@H]3CC[C@]12C)C(C)C. The number of fused-ring (bicyclic) bond motifs is 5. The standard InChI is InChI=1S/C35H66O3Si/c1-12-24(22(2)3)14-13-23(4)26-15-16-27-30-28(18-20-34(26,27)8)35(9)19-17-25(21-29(35)31(36)32(30)37)38-39(10,11)33(5,6)7/h22-32,36-37H,12-21H2,1-11H3/t23-,24-,25?,26-,27+,28+,29-,30+,31-,32-,34-,35-/m1/s1. The van der Waals surface area contributed by atoms with Crippen molar-refractivity contribution in [3.63, 3.8) is 0 Å². The molecule has 0 heterocycles. The fourth-order valence-electron chi connectivity index (χ4n) is 10.6. The van der Waals surface area contributed by atoms with Gasteiger partial charge in [0, 0.05) is 6.10 Å². The molecule has 1 unspecified atom stereocenters. The van der Waals surface area contributed by atoms with Crippen molar-refractivity contribution in [1.29, 1.82) is 0 Å². The summed E-state index contributed by atoms with van der Waals surface area (Å²) in [6, 6.07) is 0. The van der Waals surface area contributed by atoms with Gasteiger partial charge in [-0.2, -0.15) is 0 Å². The maximum absolute atomic E-state index is 11.8. The highest BCUT2D eigenvalue weighted by molar-refractivity contribution is 6.74. The molecule has 0 aromatic carbocycles. The smallest absolute Gasteiger partial charge is 0.192 e. The van der Waals surface area contributed by atoms with Crippen LogP contribution in [-0.2, 0) is 4.43 Å². The predicted molar refractivity (Wildman–Crippen MR) is 167 cm³/mol. The summed E-state index contributed by atoms with van der Waals surface area (Å²) < 4.78 is 6.89. The van der Waals surface area contributed by atoms with Crippen molar-refractivity contribution in [1.82, 2.24) is 0 Å². The second-order valence-electron chi connectivity index (χ2n) is 17.4. The molecule has 4 aliphatic rings. The van der Waals surface area contributed by atoms with Crippen molar-refractivity contribution in [2.45, 2.75) is 163 Å². The predicted octanol–water partition coefficient (Wildman–Crippen LogP) is 9.08. The van der Waals surface area contributed by atoms with Gasteiger partial charge >= 0.3 is 0 Å². The molecule has 0 aromatic heterocycles. The van der Waals surface area contributed by atoms with Crippen LogP contribution in [0.5, 0.6) is 0 Å². The Morgan fingerprint density at radius 3 is 2.05 bits per heavy atom. The van der Waals surface area contributed by atoms with Gasteiger partial charge in [0.25, 0.3) is 0 Å². The van der Waals surface area contributed by atoms with Crippen LogP contribution in [0.15, 0.2) is 0 Å². The van der Waals surface area contributed by atoms with Crippen LogP contribution in [0.25, 0.3) is 0 Å². The lowest BCUT2D eigenvalue weighted by molar-refractivity contribution is -0.222. The van der Waals surface area contributed by atoms with E-state index in [2.05, 4.69) is 75.4 Å². The number of aliphatic hydroxyl groups excluding tert-OH is 2. The van der Waals surface area contributed by atoms with Gasteiger partial charge in [-0.15, -0.1) is 0 Å². The normalized spacial score (nSPS) is 44.5. The van der Waals surface area contributed by atoms with Crippen LogP contribution in [0.4, 0.5) is 0 Å². The molecular weight excluding hydrogens is 496 g/mol. The lowest BCUT2D eigenvalue weighted by Gasteiger charge is -2.64. The molecule has 0 radical (unpaired) electrons. The molecule has 0 amide bonds. The summed E-state index contributed by atoms with van der Waals surface area (Å²) in [4.78, 5) is 0. The van der Waals surface area contributed by atoms with E-state index in [0.29, 0.717) is 17.3 Å². The number of hydrogen-bond acceptors (Lipinski definition) is 3. The van der Waals surface area contributed by atoms with Gasteiger partial charge in [-0.3, -0.25) is 0 Å². The van der Waals surface area contributed by atoms with E-state index in [1.807, 2.05) is 0 Å². The van der Waals surface area contributed by atoms with E-state index in [9.17, 15) is 10.2 Å². The third kappa shape index (κ3) is 5.61. The zero-order valence-corrected chi connectivity index (χ0v) is 28.7. The molecule has 228 valence electrons. The highest BCUT2D eigenvalue weighted by atomic mass is 28.4. The Bertz CT molecular complexity index is 834. The van der Waals surface area contributed by atoms with Crippen molar-refractivity contribution in [2.24, 2.45) is 58.2 Å². The maximum atomic E-state index is 11.8. The largest absolute Gasteiger partial charge is 0.414 e. The minimum absolute atomic E-state index is 0.118. The number of rotatable bonds is 8. The van der Waals surface area contributed by atoms with Gasteiger partial charge in [0.2, 0.25) is 0 Å². The summed E-state index contributed by atoms with van der Waals surface area (Å²) in [5.41, 5.74) is 0.430. The van der Waals surface area contributed by atoms with E-state index >= 15 is 0 Å². The molecule has 4 rings (SSSR count). The summed E-state index contributed by atoms with van der Waals surface area (Å²) in [5.74, 6) is 4.63. The first-order valence-corrected chi connectivity index (χ1v) is 19.9. The van der Waals surface area contributed by atoms with Gasteiger partial charge in [-0.05, 0) is 128 Å². The molecule has 0 spiro atoms. The number of hydrogen-bond donors (Lipinski definition) is 2. The van der Waals surface area contributed by atoms with Gasteiger partial charge < -0.3 is 14.6 Å². The molecule has 4 heteroatoms. The molecule has 0 bridgehead atoms. The summed E-state index contributed by atoms with van der Waals surface area (Å²) in [6.45, 7) is 26.4. The molecule has 4 fully saturated rings. The molecule has 3 nitrogen and oxygen atoms in total. The van der Waals surface area contributed by atoms with E-state index in [4.69, 9.17) is 4.43 Å². The van der Waals surface area contributed by atoms with Gasteiger partial charge in [-0.25, -0.2) is 0 Å². The van der Waals surface area contributed by atoms with Gasteiger partial charge in [0.05, 0.1) is 12.2 Å². The lowest BCUT2D eigenvalue weighted by atomic mass is 9.43. The molecular formula is C35H66O3Si. The van der Waals surface area contributed by atoms with Crippen LogP contribution >= 0.6 is 0 Å². The van der Waals surface area contributed by atoms with Gasteiger partial charge in [0.15, 0.2) is 8.32 Å². The summed E-state index contributed by atoms with van der Waals surface area (Å²) in [6.07, 6.45) is 11.3. The van der Waals surface area contributed by atoms with E-state index in [1.54, 1.807) is 0 Å². The van der Waals surface area contributed by atoms with Crippen LogP contribution in [0.2, 0.25) is 18.1 Å². The average Bonchev–Trinajstić information content (AvgIpc) is 3.19. The summed E-state index contributed by atoms with van der Waals surface area (Å²) in [7, 11) is -1.86. The highest BCUT2D eigenvalue weighted by Gasteiger charge is 2.65. The van der Waals surface area contributed by atoms with E-state index in [0.717, 1.165) is 42.9 Å². The minimum atomic E-state index is -1.86. The third-order valence-electron chi connectivity index (χ3n) is 14.2. The summed E-state index contributed by atoms with van der Waals surface area (Å²) in [5, 5.41) is 23.8. The molecule has 0 aliphatic heterocycles. The molecule has 0 saturated heterocycles. The van der Waals surface area contributed by atoms with Crippen molar-refractivity contribution < 1.29 is 14.6 Å². The summed E-state index contributed by atoms with van der Waals surface area (Å²) >= 11 is 0. The van der Waals surface area contributed by atoms with Crippen LogP contribution in [0.1, 0.15) is 127 Å². The first kappa shape index (κ1) is 32.0. The second-order valence-corrected chi connectivity index (χ2v) is 22.1. The fourth-order valence-corrected chi connectivity index (χ4v) is 12.0. The molecule has 12 atom stereocenters. The molecule has 4 aliphatic carbocycles. The maximum Gasteiger partial charge on any atom is 0.192 e.